The second kappa shape index (κ2) is 9.03. The number of aliphatic hydroxyl groups excluding tert-OH is 2. The first-order valence-corrected chi connectivity index (χ1v) is 8.70. The predicted octanol–water partition coefficient (Wildman–Crippen LogP) is 0.0608. The highest BCUT2D eigenvalue weighted by Crippen LogP contribution is 2.23. The minimum Gasteiger partial charge on any atom is -0.394 e. The summed E-state index contributed by atoms with van der Waals surface area (Å²) in [6, 6.07) is -0.202. The van der Waals surface area contributed by atoms with Gasteiger partial charge in [-0.2, -0.15) is 0 Å². The van der Waals surface area contributed by atoms with Gasteiger partial charge in [0.05, 0.1) is 18.8 Å². The average Bonchev–Trinajstić information content (AvgIpc) is 2.74. The van der Waals surface area contributed by atoms with Crippen LogP contribution in [0.25, 0.3) is 0 Å². The highest BCUT2D eigenvalue weighted by molar-refractivity contribution is 8.76. The number of hydrogen-bond donors (Lipinski definition) is 3. The van der Waals surface area contributed by atoms with Crippen molar-refractivity contribution >= 4 is 27.5 Å². The van der Waals surface area contributed by atoms with Gasteiger partial charge in [-0.15, -0.1) is 0 Å². The minimum atomic E-state index is -0.486. The van der Waals surface area contributed by atoms with E-state index in [2.05, 4.69) is 0 Å². The summed E-state index contributed by atoms with van der Waals surface area (Å²) in [7, 11) is 3.47. The Bertz CT molecular complexity index is 256. The summed E-state index contributed by atoms with van der Waals surface area (Å²) >= 11 is 0. The number of hydrogen-bond acceptors (Lipinski definition) is 6. The average molecular weight is 294 g/mol. The van der Waals surface area contributed by atoms with Gasteiger partial charge in [-0.05, 0) is 12.8 Å². The van der Waals surface area contributed by atoms with Crippen molar-refractivity contribution < 1.29 is 15.0 Å². The Hall–Kier alpha value is 0.0500. The zero-order valence-electron chi connectivity index (χ0n) is 10.5. The van der Waals surface area contributed by atoms with Gasteiger partial charge in [-0.25, -0.2) is 0 Å². The molecule has 0 unspecified atom stereocenters. The molecule has 0 aromatic carbocycles. The quantitative estimate of drug-likeness (QED) is 0.433. The molecule has 106 valence electrons. The SMILES string of the molecule is NCCSSCCCC(=O)N1C[C@H](O)C[C@H]1CO. The van der Waals surface area contributed by atoms with E-state index in [1.807, 2.05) is 0 Å². The molecule has 0 radical (unpaired) electrons. The fraction of sp³-hybridized carbons (Fsp3) is 0.909. The summed E-state index contributed by atoms with van der Waals surface area (Å²) in [5.41, 5.74) is 5.38. The standard InChI is InChI=1S/C11H22N2O3S2/c12-3-5-18-17-4-1-2-11(16)13-7-10(15)6-9(13)8-14/h9-10,14-15H,1-8,12H2/t9-,10+/m0/s1. The highest BCUT2D eigenvalue weighted by Gasteiger charge is 2.33. The predicted molar refractivity (Wildman–Crippen MR) is 76.4 cm³/mol. The molecule has 0 saturated carbocycles. The largest absolute Gasteiger partial charge is 0.394 e. The van der Waals surface area contributed by atoms with Crippen LogP contribution in [0, 0.1) is 0 Å². The van der Waals surface area contributed by atoms with Crippen molar-refractivity contribution in [3.05, 3.63) is 0 Å². The molecule has 0 bridgehead atoms. The first kappa shape index (κ1) is 16.1. The minimum absolute atomic E-state index is 0.0371. The van der Waals surface area contributed by atoms with Crippen LogP contribution < -0.4 is 5.73 Å². The van der Waals surface area contributed by atoms with E-state index in [0.29, 0.717) is 25.9 Å². The third kappa shape index (κ3) is 5.36. The topological polar surface area (TPSA) is 86.8 Å². The van der Waals surface area contributed by atoms with Gasteiger partial charge in [0.2, 0.25) is 5.91 Å². The fourth-order valence-electron chi connectivity index (χ4n) is 1.96. The van der Waals surface area contributed by atoms with Crippen LogP contribution in [-0.4, -0.2) is 64.4 Å². The molecule has 1 fully saturated rings. The van der Waals surface area contributed by atoms with E-state index < -0.39 is 6.10 Å². The first-order valence-electron chi connectivity index (χ1n) is 6.22. The highest BCUT2D eigenvalue weighted by atomic mass is 33.1. The van der Waals surface area contributed by atoms with Crippen molar-refractivity contribution in [1.29, 1.82) is 0 Å². The van der Waals surface area contributed by atoms with Crippen LogP contribution in [0.1, 0.15) is 19.3 Å². The molecule has 0 aromatic heterocycles. The lowest BCUT2D eigenvalue weighted by molar-refractivity contribution is -0.133. The van der Waals surface area contributed by atoms with E-state index in [0.717, 1.165) is 17.9 Å². The zero-order chi connectivity index (χ0) is 13.4. The second-order valence-electron chi connectivity index (χ2n) is 4.31. The van der Waals surface area contributed by atoms with Gasteiger partial charge in [0.1, 0.15) is 0 Å². The maximum absolute atomic E-state index is 11.9. The molecule has 4 N–H and O–H groups in total. The molecule has 1 rings (SSSR count). The molecular formula is C11H22N2O3S2. The van der Waals surface area contributed by atoms with Gasteiger partial charge >= 0.3 is 0 Å². The van der Waals surface area contributed by atoms with E-state index >= 15 is 0 Å². The lowest BCUT2D eigenvalue weighted by Crippen LogP contribution is -2.37. The Morgan fingerprint density at radius 1 is 1.39 bits per heavy atom. The zero-order valence-corrected chi connectivity index (χ0v) is 12.1. The fourth-order valence-corrected chi connectivity index (χ4v) is 3.91. The van der Waals surface area contributed by atoms with E-state index in [-0.39, 0.29) is 18.6 Å². The Morgan fingerprint density at radius 3 is 2.78 bits per heavy atom. The normalized spacial score (nSPS) is 23.6. The van der Waals surface area contributed by atoms with Gasteiger partial charge in [0, 0.05) is 31.0 Å². The summed E-state index contributed by atoms with van der Waals surface area (Å²) in [6.45, 7) is 0.976. The number of β-amino-alcohol motifs (C(OH)–C–C–N with tert-alkyl or cyclic N) is 1. The van der Waals surface area contributed by atoms with E-state index in [4.69, 9.17) is 10.8 Å². The second-order valence-corrected chi connectivity index (χ2v) is 7.01. The van der Waals surface area contributed by atoms with Gasteiger partial charge in [0.15, 0.2) is 0 Å². The summed E-state index contributed by atoms with van der Waals surface area (Å²) in [6.07, 6.45) is 1.31. The van der Waals surface area contributed by atoms with Crippen molar-refractivity contribution in [3.8, 4) is 0 Å². The van der Waals surface area contributed by atoms with Crippen molar-refractivity contribution in [1.82, 2.24) is 4.90 Å². The number of amides is 1. The van der Waals surface area contributed by atoms with E-state index in [1.165, 1.54) is 0 Å². The third-order valence-corrected chi connectivity index (χ3v) is 5.35. The lowest BCUT2D eigenvalue weighted by Gasteiger charge is -2.22. The Balaban J connectivity index is 2.16. The number of carbonyl (C=O) groups is 1. The van der Waals surface area contributed by atoms with Crippen LogP contribution in [0.2, 0.25) is 0 Å². The third-order valence-electron chi connectivity index (χ3n) is 2.83. The molecule has 2 atom stereocenters. The summed E-state index contributed by atoms with van der Waals surface area (Å²) in [5.74, 6) is 1.90. The van der Waals surface area contributed by atoms with Crippen LogP contribution in [0.3, 0.4) is 0 Å². The molecule has 0 spiro atoms. The van der Waals surface area contributed by atoms with Crippen LogP contribution in [0.4, 0.5) is 0 Å². The Kier molecular flexibility index (Phi) is 8.08. The molecule has 1 aliphatic rings. The molecular weight excluding hydrogens is 272 g/mol. The number of nitrogens with zero attached hydrogens (tertiary/aromatic N) is 1. The molecule has 1 saturated heterocycles. The van der Waals surface area contributed by atoms with Crippen molar-refractivity contribution in [2.24, 2.45) is 5.73 Å². The van der Waals surface area contributed by atoms with Crippen LogP contribution >= 0.6 is 21.6 Å². The van der Waals surface area contributed by atoms with Crippen molar-refractivity contribution in [2.45, 2.75) is 31.4 Å². The molecule has 18 heavy (non-hydrogen) atoms. The smallest absolute Gasteiger partial charge is 0.223 e. The van der Waals surface area contributed by atoms with Crippen LogP contribution in [0.5, 0.6) is 0 Å². The Morgan fingerprint density at radius 2 is 2.11 bits per heavy atom. The molecule has 5 nitrogen and oxygen atoms in total. The van der Waals surface area contributed by atoms with E-state index in [9.17, 15) is 9.90 Å². The summed E-state index contributed by atoms with van der Waals surface area (Å²) < 4.78 is 0. The van der Waals surface area contributed by atoms with Crippen molar-refractivity contribution in [2.75, 3.05) is 31.2 Å². The monoisotopic (exact) mass is 294 g/mol. The number of likely N-dealkylation sites (tertiary alicyclic amines) is 1. The number of carbonyl (C=O) groups excluding carboxylic acids is 1. The number of nitrogens with two attached hydrogens (primary N) is 1. The molecule has 1 amide bonds. The van der Waals surface area contributed by atoms with Gasteiger partial charge in [-0.1, -0.05) is 21.6 Å². The molecule has 7 heteroatoms. The number of aliphatic hydroxyl groups is 2. The Labute approximate surface area is 116 Å². The number of rotatable bonds is 8. The van der Waals surface area contributed by atoms with Gasteiger partial charge in [-0.3, -0.25) is 4.79 Å². The van der Waals surface area contributed by atoms with Crippen LogP contribution in [0.15, 0.2) is 0 Å². The lowest BCUT2D eigenvalue weighted by atomic mass is 10.2. The van der Waals surface area contributed by atoms with Crippen LogP contribution in [-0.2, 0) is 4.79 Å². The summed E-state index contributed by atoms with van der Waals surface area (Å²) in [4.78, 5) is 13.5. The summed E-state index contributed by atoms with van der Waals surface area (Å²) in [5, 5.41) is 18.6. The van der Waals surface area contributed by atoms with Gasteiger partial charge < -0.3 is 20.8 Å². The molecule has 1 heterocycles. The first-order chi connectivity index (χ1) is 8.69. The maximum Gasteiger partial charge on any atom is 0.223 e. The molecule has 0 aliphatic carbocycles. The van der Waals surface area contributed by atoms with Crippen molar-refractivity contribution in [3.63, 3.8) is 0 Å². The van der Waals surface area contributed by atoms with E-state index in [1.54, 1.807) is 26.5 Å². The maximum atomic E-state index is 11.9. The molecule has 1 aliphatic heterocycles. The molecule has 0 aromatic rings. The van der Waals surface area contributed by atoms with Gasteiger partial charge in [0.25, 0.3) is 0 Å².